The van der Waals surface area contributed by atoms with Crippen LogP contribution in [0.4, 0.5) is 5.69 Å². The maximum Gasteiger partial charge on any atom is 0.290 e. The minimum absolute atomic E-state index is 0.110. The van der Waals surface area contributed by atoms with Crippen molar-refractivity contribution in [3.63, 3.8) is 0 Å². The van der Waals surface area contributed by atoms with Gasteiger partial charge >= 0.3 is 0 Å². The van der Waals surface area contributed by atoms with Crippen LogP contribution < -0.4 is 19.7 Å². The van der Waals surface area contributed by atoms with Crippen molar-refractivity contribution in [1.29, 1.82) is 0 Å². The molecule has 3 heterocycles. The van der Waals surface area contributed by atoms with Gasteiger partial charge in [0.1, 0.15) is 6.04 Å². The Labute approximate surface area is 227 Å². The van der Waals surface area contributed by atoms with Crippen LogP contribution in [0.25, 0.3) is 0 Å². The Bertz CT molecular complexity index is 1280. The van der Waals surface area contributed by atoms with E-state index in [1.54, 1.807) is 17.0 Å². The van der Waals surface area contributed by atoms with Crippen molar-refractivity contribution < 1.29 is 28.2 Å². The Morgan fingerprint density at radius 1 is 0.974 bits per heavy atom. The molecular weight excluding hydrogens is 498 g/mol. The number of hydrogen-bond acceptors (Lipinski definition) is 7. The molecule has 2 amide bonds. The quantitative estimate of drug-likeness (QED) is 0.464. The van der Waals surface area contributed by atoms with E-state index in [0.29, 0.717) is 24.7 Å². The van der Waals surface area contributed by atoms with Gasteiger partial charge in [-0.25, -0.2) is 0 Å². The Morgan fingerprint density at radius 2 is 1.74 bits per heavy atom. The fourth-order valence-corrected chi connectivity index (χ4v) is 5.57. The number of rotatable bonds is 8. The van der Waals surface area contributed by atoms with E-state index < -0.39 is 6.04 Å². The molecule has 2 aromatic carbocycles. The zero-order valence-electron chi connectivity index (χ0n) is 21.8. The molecule has 2 aliphatic heterocycles. The molecule has 1 N–H and O–H groups in total. The number of amides is 2. The second-order valence-corrected chi connectivity index (χ2v) is 10.2. The molecule has 6 rings (SSSR count). The second kappa shape index (κ2) is 11.4. The average molecular weight is 532 g/mol. The van der Waals surface area contributed by atoms with Gasteiger partial charge in [-0.2, -0.15) is 0 Å². The lowest BCUT2D eigenvalue weighted by Gasteiger charge is -2.33. The van der Waals surface area contributed by atoms with Gasteiger partial charge in [0.15, 0.2) is 17.3 Å². The lowest BCUT2D eigenvalue weighted by Crippen LogP contribution is -2.45. The number of ether oxygens (including phenoxy) is 3. The molecule has 1 aliphatic carbocycles. The Balaban J connectivity index is 1.35. The highest BCUT2D eigenvalue weighted by Gasteiger charge is 2.35. The van der Waals surface area contributed by atoms with Crippen molar-refractivity contribution in [3.8, 4) is 11.5 Å². The van der Waals surface area contributed by atoms with Crippen LogP contribution in [0.15, 0.2) is 65.3 Å². The van der Waals surface area contributed by atoms with Crippen molar-refractivity contribution >= 4 is 17.5 Å². The fraction of sp³-hybridized carbons (Fsp3) is 0.400. The number of benzene rings is 2. The standard InChI is InChI=1S/C30H33N3O6/c34-29(31-23-4-1-2-5-23)28(22-8-10-24(11-9-22)32-13-16-36-17-14-32)33(30(35)26-6-3-15-37-26)19-21-7-12-25-27(18-21)39-20-38-25/h3,6-12,15,18,23,28H,1-2,4-5,13-14,16-17,19-20H2,(H,31,34)/t28-/m1/s1. The molecule has 1 aromatic heterocycles. The first-order valence-electron chi connectivity index (χ1n) is 13.6. The molecule has 1 atom stereocenters. The lowest BCUT2D eigenvalue weighted by molar-refractivity contribution is -0.126. The predicted molar refractivity (Wildman–Crippen MR) is 144 cm³/mol. The number of furan rings is 1. The minimum atomic E-state index is -0.854. The van der Waals surface area contributed by atoms with E-state index in [-0.39, 0.29) is 37.0 Å². The number of nitrogens with one attached hydrogen (secondary N) is 1. The highest BCUT2D eigenvalue weighted by atomic mass is 16.7. The van der Waals surface area contributed by atoms with E-state index in [9.17, 15) is 9.59 Å². The third-order valence-electron chi connectivity index (χ3n) is 7.63. The van der Waals surface area contributed by atoms with Crippen LogP contribution in [0.2, 0.25) is 0 Å². The molecule has 39 heavy (non-hydrogen) atoms. The summed E-state index contributed by atoms with van der Waals surface area (Å²) in [5.74, 6) is 0.916. The molecule has 0 bridgehead atoms. The van der Waals surface area contributed by atoms with Gasteiger partial charge in [-0.3, -0.25) is 9.59 Å². The fourth-order valence-electron chi connectivity index (χ4n) is 5.57. The van der Waals surface area contributed by atoms with Crippen LogP contribution in [-0.4, -0.2) is 55.9 Å². The van der Waals surface area contributed by atoms with E-state index in [4.69, 9.17) is 18.6 Å². The van der Waals surface area contributed by atoms with Crippen molar-refractivity contribution in [2.75, 3.05) is 38.0 Å². The smallest absolute Gasteiger partial charge is 0.290 e. The van der Waals surface area contributed by atoms with Gasteiger partial charge in [0.2, 0.25) is 12.7 Å². The first-order valence-corrected chi connectivity index (χ1v) is 13.6. The van der Waals surface area contributed by atoms with Crippen molar-refractivity contribution in [2.24, 2.45) is 0 Å². The summed E-state index contributed by atoms with van der Waals surface area (Å²) in [6, 6.07) is 16.1. The molecule has 9 nitrogen and oxygen atoms in total. The monoisotopic (exact) mass is 531 g/mol. The third kappa shape index (κ3) is 5.59. The van der Waals surface area contributed by atoms with Gasteiger partial charge in [0.05, 0.1) is 19.5 Å². The van der Waals surface area contributed by atoms with Crippen LogP contribution in [0.1, 0.15) is 53.4 Å². The highest BCUT2D eigenvalue weighted by Crippen LogP contribution is 2.35. The molecule has 1 saturated heterocycles. The Kier molecular flexibility index (Phi) is 7.40. The predicted octanol–water partition coefficient (Wildman–Crippen LogP) is 4.29. The molecule has 0 radical (unpaired) electrons. The first kappa shape index (κ1) is 25.3. The lowest BCUT2D eigenvalue weighted by atomic mass is 10.0. The number of nitrogens with zero attached hydrogens (tertiary/aromatic N) is 2. The van der Waals surface area contributed by atoms with E-state index in [1.807, 2.05) is 42.5 Å². The first-order chi connectivity index (χ1) is 19.2. The number of hydrogen-bond donors (Lipinski definition) is 1. The van der Waals surface area contributed by atoms with Crippen LogP contribution in [0.5, 0.6) is 11.5 Å². The molecule has 2 fully saturated rings. The van der Waals surface area contributed by atoms with Gasteiger partial charge in [-0.15, -0.1) is 0 Å². The molecule has 9 heteroatoms. The minimum Gasteiger partial charge on any atom is -0.459 e. The summed E-state index contributed by atoms with van der Waals surface area (Å²) >= 11 is 0. The van der Waals surface area contributed by atoms with Crippen LogP contribution in [-0.2, 0) is 16.1 Å². The van der Waals surface area contributed by atoms with E-state index >= 15 is 0 Å². The highest BCUT2D eigenvalue weighted by molar-refractivity contribution is 5.96. The van der Waals surface area contributed by atoms with E-state index in [1.165, 1.54) is 6.26 Å². The number of anilines is 1. The maximum absolute atomic E-state index is 14.0. The van der Waals surface area contributed by atoms with Gasteiger partial charge in [-0.1, -0.05) is 31.0 Å². The second-order valence-electron chi connectivity index (χ2n) is 10.2. The van der Waals surface area contributed by atoms with Gasteiger partial charge in [-0.05, 0) is 60.4 Å². The van der Waals surface area contributed by atoms with E-state index in [0.717, 1.165) is 55.6 Å². The van der Waals surface area contributed by atoms with Crippen LogP contribution >= 0.6 is 0 Å². The zero-order chi connectivity index (χ0) is 26.6. The summed E-state index contributed by atoms with van der Waals surface area (Å²) in [6.45, 7) is 3.36. The summed E-state index contributed by atoms with van der Waals surface area (Å²) in [4.78, 5) is 31.7. The maximum atomic E-state index is 14.0. The van der Waals surface area contributed by atoms with Gasteiger partial charge in [0.25, 0.3) is 5.91 Å². The van der Waals surface area contributed by atoms with E-state index in [2.05, 4.69) is 10.2 Å². The molecular formula is C30H33N3O6. The van der Waals surface area contributed by atoms with Crippen molar-refractivity contribution in [3.05, 3.63) is 77.7 Å². The zero-order valence-corrected chi connectivity index (χ0v) is 21.8. The summed E-state index contributed by atoms with van der Waals surface area (Å²) in [7, 11) is 0. The number of carbonyl (C=O) groups is 2. The average Bonchev–Trinajstić information content (AvgIpc) is 3.76. The molecule has 1 saturated carbocycles. The van der Waals surface area contributed by atoms with Crippen LogP contribution in [0, 0.1) is 0 Å². The number of fused-ring (bicyclic) bond motifs is 1. The molecule has 3 aromatic rings. The largest absolute Gasteiger partial charge is 0.459 e. The van der Waals surface area contributed by atoms with Crippen LogP contribution in [0.3, 0.4) is 0 Å². The summed E-state index contributed by atoms with van der Waals surface area (Å²) in [6.07, 6.45) is 5.55. The number of carbonyl (C=O) groups excluding carboxylic acids is 2. The Hall–Kier alpha value is -3.98. The molecule has 0 unspecified atom stereocenters. The Morgan fingerprint density at radius 3 is 2.49 bits per heavy atom. The number of morpholine rings is 1. The van der Waals surface area contributed by atoms with Crippen molar-refractivity contribution in [1.82, 2.24) is 10.2 Å². The summed E-state index contributed by atoms with van der Waals surface area (Å²) in [5, 5.41) is 3.23. The molecule has 3 aliphatic rings. The molecule has 204 valence electrons. The molecule has 0 spiro atoms. The summed E-state index contributed by atoms with van der Waals surface area (Å²) < 4.78 is 22.0. The summed E-state index contributed by atoms with van der Waals surface area (Å²) in [5.41, 5.74) is 2.63. The van der Waals surface area contributed by atoms with Gasteiger partial charge < -0.3 is 33.7 Å². The SMILES string of the molecule is O=C(NC1CCCC1)[C@@H](c1ccc(N2CCOCC2)cc1)N(Cc1ccc2c(c1)OCO2)C(=O)c1ccco1. The third-order valence-corrected chi connectivity index (χ3v) is 7.63. The van der Waals surface area contributed by atoms with Crippen molar-refractivity contribution in [2.45, 2.75) is 44.3 Å². The van der Waals surface area contributed by atoms with Gasteiger partial charge in [0, 0.05) is 31.4 Å². The topological polar surface area (TPSA) is 93.5 Å². The normalized spacial score (nSPS) is 17.7.